The summed E-state index contributed by atoms with van der Waals surface area (Å²) >= 11 is 0. The zero-order valence-corrected chi connectivity index (χ0v) is 11.3. The number of hydrogen-bond donors (Lipinski definition) is 0. The Hall–Kier alpha value is -0.900. The molecule has 2 unspecified atom stereocenters. The van der Waals surface area contributed by atoms with Gasteiger partial charge in [-0.3, -0.25) is 9.00 Å². The van der Waals surface area contributed by atoms with Crippen molar-refractivity contribution in [2.45, 2.75) is 44.4 Å². The summed E-state index contributed by atoms with van der Waals surface area (Å²) in [5.74, 6) is 0.275. The van der Waals surface area contributed by atoms with Crippen molar-refractivity contribution in [2.24, 2.45) is 0 Å². The average molecular weight is 253 g/mol. The van der Waals surface area contributed by atoms with Gasteiger partial charge in [-0.2, -0.15) is 0 Å². The molecule has 0 N–H and O–H groups in total. The van der Waals surface area contributed by atoms with Crippen LogP contribution >= 0.6 is 0 Å². The fraction of sp³-hybridized carbons (Fsp3) is 0.615. The molecule has 17 heavy (non-hydrogen) atoms. The van der Waals surface area contributed by atoms with E-state index in [0.29, 0.717) is 6.42 Å². The molecule has 0 saturated heterocycles. The lowest BCUT2D eigenvalue weighted by molar-refractivity contribution is 0.0971. The van der Waals surface area contributed by atoms with Crippen LogP contribution in [0.3, 0.4) is 0 Å². The minimum Gasteiger partial charge on any atom is -0.351 e. The summed E-state index contributed by atoms with van der Waals surface area (Å²) in [6.07, 6.45) is 7.30. The Morgan fingerprint density at radius 2 is 2.24 bits per heavy atom. The molecular weight excluding hydrogens is 234 g/mol. The Bertz CT molecular complexity index is 450. The lowest BCUT2D eigenvalue weighted by Gasteiger charge is -2.16. The Morgan fingerprint density at radius 1 is 1.47 bits per heavy atom. The second kappa shape index (κ2) is 5.17. The first-order valence-corrected chi connectivity index (χ1v) is 7.75. The van der Waals surface area contributed by atoms with Crippen LogP contribution in [0.2, 0.25) is 0 Å². The largest absolute Gasteiger partial charge is 0.351 e. The predicted molar refractivity (Wildman–Crippen MR) is 69.8 cm³/mol. The summed E-state index contributed by atoms with van der Waals surface area (Å²) in [7, 11) is -0.761. The van der Waals surface area contributed by atoms with Crippen molar-refractivity contribution in [2.75, 3.05) is 6.26 Å². The summed E-state index contributed by atoms with van der Waals surface area (Å²) in [4.78, 5) is 11.7. The second-order valence-electron chi connectivity index (χ2n) is 4.74. The van der Waals surface area contributed by atoms with E-state index < -0.39 is 10.8 Å². The standard InChI is InChI=1S/C13H19NO2S/c1-10(17(2)16)6-8-14-9-7-11-12(14)4-3-5-13(11)15/h7,9-10H,3-6,8H2,1-2H3. The molecular formula is C13H19NO2S. The molecule has 2 atom stereocenters. The van der Waals surface area contributed by atoms with E-state index >= 15 is 0 Å². The van der Waals surface area contributed by atoms with Crippen molar-refractivity contribution in [3.05, 3.63) is 23.5 Å². The maximum Gasteiger partial charge on any atom is 0.164 e. The number of Topliss-reactive ketones (excluding diaryl/α,β-unsaturated/α-hetero) is 1. The number of fused-ring (bicyclic) bond motifs is 1. The first-order chi connectivity index (χ1) is 8.09. The van der Waals surface area contributed by atoms with Crippen LogP contribution < -0.4 is 0 Å². The Balaban J connectivity index is 2.07. The van der Waals surface area contributed by atoms with Gasteiger partial charge in [-0.05, 0) is 25.3 Å². The maximum atomic E-state index is 11.7. The molecule has 4 heteroatoms. The highest BCUT2D eigenvalue weighted by molar-refractivity contribution is 7.84. The van der Waals surface area contributed by atoms with Crippen LogP contribution in [-0.4, -0.2) is 26.1 Å². The molecule has 0 fully saturated rings. The molecule has 0 radical (unpaired) electrons. The number of rotatable bonds is 4. The first kappa shape index (κ1) is 12.6. The molecule has 0 bridgehead atoms. The number of aromatic nitrogens is 1. The first-order valence-electron chi connectivity index (χ1n) is 6.13. The molecule has 0 aliphatic heterocycles. The molecule has 1 aliphatic rings. The van der Waals surface area contributed by atoms with Gasteiger partial charge in [0.05, 0.1) is 0 Å². The Morgan fingerprint density at radius 3 is 2.94 bits per heavy atom. The lowest BCUT2D eigenvalue weighted by atomic mass is 9.97. The highest BCUT2D eigenvalue weighted by Crippen LogP contribution is 2.22. The third-order valence-corrected chi connectivity index (χ3v) is 4.91. The molecule has 0 spiro atoms. The highest BCUT2D eigenvalue weighted by Gasteiger charge is 2.20. The van der Waals surface area contributed by atoms with E-state index in [1.807, 2.05) is 19.2 Å². The predicted octanol–water partition coefficient (Wildman–Crippen LogP) is 2.16. The van der Waals surface area contributed by atoms with Crippen LogP contribution in [0.5, 0.6) is 0 Å². The van der Waals surface area contributed by atoms with Crippen LogP contribution in [0.15, 0.2) is 12.3 Å². The van der Waals surface area contributed by atoms with E-state index in [1.54, 1.807) is 6.26 Å². The number of ketones is 1. The van der Waals surface area contributed by atoms with Crippen molar-refractivity contribution in [1.29, 1.82) is 0 Å². The average Bonchev–Trinajstić information content (AvgIpc) is 2.70. The fourth-order valence-corrected chi connectivity index (χ4v) is 2.72. The lowest BCUT2D eigenvalue weighted by Crippen LogP contribution is -2.16. The van der Waals surface area contributed by atoms with Gasteiger partial charge in [0.2, 0.25) is 0 Å². The summed E-state index contributed by atoms with van der Waals surface area (Å²) < 4.78 is 13.5. The SMILES string of the molecule is CC(CCn1ccc2c1CCCC2=O)S(C)=O. The molecule has 1 aromatic rings. The van der Waals surface area contributed by atoms with Crippen LogP contribution in [0.4, 0.5) is 0 Å². The van der Waals surface area contributed by atoms with E-state index in [-0.39, 0.29) is 11.0 Å². The molecule has 0 aromatic carbocycles. The number of carbonyl (C=O) groups excluding carboxylic acids is 1. The van der Waals surface area contributed by atoms with E-state index in [1.165, 1.54) is 5.69 Å². The van der Waals surface area contributed by atoms with E-state index in [4.69, 9.17) is 0 Å². The molecule has 94 valence electrons. The summed E-state index contributed by atoms with van der Waals surface area (Å²) in [6, 6.07) is 1.93. The zero-order chi connectivity index (χ0) is 12.4. The number of hydrogen-bond acceptors (Lipinski definition) is 2. The number of nitrogens with zero attached hydrogens (tertiary/aromatic N) is 1. The quantitative estimate of drug-likeness (QED) is 0.825. The van der Waals surface area contributed by atoms with Gasteiger partial charge in [-0.15, -0.1) is 0 Å². The zero-order valence-electron chi connectivity index (χ0n) is 10.4. The second-order valence-corrected chi connectivity index (χ2v) is 6.55. The third kappa shape index (κ3) is 2.68. The van der Waals surface area contributed by atoms with Crippen LogP contribution in [0.25, 0.3) is 0 Å². The molecule has 0 amide bonds. The number of aryl methyl sites for hydroxylation is 1. The highest BCUT2D eigenvalue weighted by atomic mass is 32.2. The minimum absolute atomic E-state index is 0.215. The third-order valence-electron chi connectivity index (χ3n) is 3.54. The van der Waals surface area contributed by atoms with Gasteiger partial charge >= 0.3 is 0 Å². The fourth-order valence-electron chi connectivity index (χ4n) is 2.28. The monoisotopic (exact) mass is 253 g/mol. The number of carbonyl (C=O) groups is 1. The Kier molecular flexibility index (Phi) is 3.82. The van der Waals surface area contributed by atoms with Crippen molar-refractivity contribution < 1.29 is 9.00 Å². The van der Waals surface area contributed by atoms with Crippen molar-refractivity contribution in [3.8, 4) is 0 Å². The topological polar surface area (TPSA) is 39.1 Å². The van der Waals surface area contributed by atoms with Crippen LogP contribution in [-0.2, 0) is 23.8 Å². The van der Waals surface area contributed by atoms with Crippen molar-refractivity contribution in [1.82, 2.24) is 4.57 Å². The smallest absolute Gasteiger partial charge is 0.164 e. The van der Waals surface area contributed by atoms with E-state index in [2.05, 4.69) is 4.57 Å². The van der Waals surface area contributed by atoms with Gasteiger partial charge in [-0.1, -0.05) is 6.92 Å². The molecule has 2 rings (SSSR count). The molecule has 1 heterocycles. The van der Waals surface area contributed by atoms with Gasteiger partial charge in [0, 0.05) is 52.7 Å². The normalized spacial score (nSPS) is 18.8. The van der Waals surface area contributed by atoms with Gasteiger partial charge in [0.15, 0.2) is 5.78 Å². The maximum absolute atomic E-state index is 11.7. The summed E-state index contributed by atoms with van der Waals surface area (Å²) in [6.45, 7) is 2.88. The molecule has 0 saturated carbocycles. The van der Waals surface area contributed by atoms with Gasteiger partial charge < -0.3 is 4.57 Å². The molecule has 3 nitrogen and oxygen atoms in total. The van der Waals surface area contributed by atoms with Crippen LogP contribution in [0, 0.1) is 0 Å². The van der Waals surface area contributed by atoms with E-state index in [9.17, 15) is 9.00 Å². The molecule has 1 aliphatic carbocycles. The van der Waals surface area contributed by atoms with Gasteiger partial charge in [0.1, 0.15) is 0 Å². The summed E-state index contributed by atoms with van der Waals surface area (Å²) in [5, 5.41) is 0.215. The van der Waals surface area contributed by atoms with Crippen molar-refractivity contribution in [3.63, 3.8) is 0 Å². The molecule has 1 aromatic heterocycles. The van der Waals surface area contributed by atoms with Gasteiger partial charge in [-0.25, -0.2) is 0 Å². The minimum atomic E-state index is -0.761. The summed E-state index contributed by atoms with van der Waals surface area (Å²) in [5.41, 5.74) is 2.08. The van der Waals surface area contributed by atoms with E-state index in [0.717, 1.165) is 31.4 Å². The van der Waals surface area contributed by atoms with Crippen LogP contribution in [0.1, 0.15) is 42.2 Å². The van der Waals surface area contributed by atoms with Gasteiger partial charge in [0.25, 0.3) is 0 Å². The Labute approximate surface area is 105 Å². The van der Waals surface area contributed by atoms with Crippen molar-refractivity contribution >= 4 is 16.6 Å².